The smallest absolute Gasteiger partial charge is 0.146 e. The molecule has 0 N–H and O–H groups in total. The number of ether oxygens (including phenoxy) is 3. The number of methoxy groups -OCH3 is 3. The maximum absolute atomic E-state index is 9.29. The lowest BCUT2D eigenvalue weighted by molar-refractivity contribution is 0.373. The summed E-state index contributed by atoms with van der Waals surface area (Å²) in [6.45, 7) is 1.43. The lowest BCUT2D eigenvalue weighted by atomic mass is 9.97. The first kappa shape index (κ1) is 17.6. The highest BCUT2D eigenvalue weighted by Crippen LogP contribution is 2.41. The summed E-state index contributed by atoms with van der Waals surface area (Å²) in [6, 6.07) is 9.49. The van der Waals surface area contributed by atoms with Gasteiger partial charge in [-0.1, -0.05) is 6.08 Å². The van der Waals surface area contributed by atoms with Crippen molar-refractivity contribution in [3.63, 3.8) is 0 Å². The van der Waals surface area contributed by atoms with Crippen molar-refractivity contribution in [3.05, 3.63) is 47.7 Å². The van der Waals surface area contributed by atoms with E-state index in [1.807, 2.05) is 12.1 Å². The van der Waals surface area contributed by atoms with Crippen LogP contribution in [0, 0.1) is 11.3 Å². The standard InChI is InChI=1S/C20H21N3O3/c1-24-16-11-17(25-2)19(18(12-16)26-3)14-6-9-23(10-7-14)20-15(13-21)5-4-8-22-20/h4-6,8,11-12H,7,9-10H2,1-3H3. The second-order valence-corrected chi connectivity index (χ2v) is 5.82. The van der Waals surface area contributed by atoms with E-state index in [9.17, 15) is 5.26 Å². The minimum atomic E-state index is 0.587. The maximum Gasteiger partial charge on any atom is 0.146 e. The third kappa shape index (κ3) is 3.29. The number of hydrogen-bond donors (Lipinski definition) is 0. The minimum Gasteiger partial charge on any atom is -0.496 e. The number of hydrogen-bond acceptors (Lipinski definition) is 6. The highest BCUT2D eigenvalue weighted by Gasteiger charge is 2.22. The van der Waals surface area contributed by atoms with E-state index >= 15 is 0 Å². The average Bonchev–Trinajstić information content (AvgIpc) is 2.72. The normalized spacial score (nSPS) is 13.6. The van der Waals surface area contributed by atoms with Crippen molar-refractivity contribution in [3.8, 4) is 23.3 Å². The van der Waals surface area contributed by atoms with Crippen LogP contribution in [0.15, 0.2) is 36.5 Å². The molecule has 1 aliphatic heterocycles. The third-order valence-corrected chi connectivity index (χ3v) is 4.45. The molecule has 6 nitrogen and oxygen atoms in total. The van der Waals surface area contributed by atoms with E-state index in [1.165, 1.54) is 0 Å². The monoisotopic (exact) mass is 351 g/mol. The molecule has 0 radical (unpaired) electrons. The van der Waals surface area contributed by atoms with Gasteiger partial charge in [-0.2, -0.15) is 5.26 Å². The average molecular weight is 351 g/mol. The molecule has 1 aliphatic rings. The van der Waals surface area contributed by atoms with Gasteiger partial charge in [-0.05, 0) is 24.1 Å². The first-order chi connectivity index (χ1) is 12.7. The van der Waals surface area contributed by atoms with Gasteiger partial charge in [0.2, 0.25) is 0 Å². The lowest BCUT2D eigenvalue weighted by Crippen LogP contribution is -2.29. The van der Waals surface area contributed by atoms with Crippen molar-refractivity contribution >= 4 is 11.4 Å². The predicted molar refractivity (Wildman–Crippen MR) is 99.9 cm³/mol. The molecule has 2 heterocycles. The SMILES string of the molecule is COc1cc(OC)c(C2=CCN(c3ncccc3C#N)CC2)c(OC)c1. The van der Waals surface area contributed by atoms with Crippen LogP contribution in [0.25, 0.3) is 5.57 Å². The molecule has 1 aromatic heterocycles. The molecule has 6 heteroatoms. The van der Waals surface area contributed by atoms with Crippen molar-refractivity contribution in [2.24, 2.45) is 0 Å². The Balaban J connectivity index is 1.93. The van der Waals surface area contributed by atoms with Gasteiger partial charge in [-0.25, -0.2) is 4.98 Å². The van der Waals surface area contributed by atoms with Gasteiger partial charge < -0.3 is 19.1 Å². The summed E-state index contributed by atoms with van der Waals surface area (Å²) in [5.74, 6) is 2.85. The van der Waals surface area contributed by atoms with E-state index in [-0.39, 0.29) is 0 Å². The highest BCUT2D eigenvalue weighted by atomic mass is 16.5. The van der Waals surface area contributed by atoms with Crippen molar-refractivity contribution < 1.29 is 14.2 Å². The van der Waals surface area contributed by atoms with Crippen molar-refractivity contribution in [1.82, 2.24) is 4.98 Å². The number of nitrogens with zero attached hydrogens (tertiary/aromatic N) is 3. The molecule has 0 atom stereocenters. The Morgan fingerprint density at radius 2 is 1.85 bits per heavy atom. The van der Waals surface area contributed by atoms with Crippen LogP contribution in [0.4, 0.5) is 5.82 Å². The summed E-state index contributed by atoms with van der Waals surface area (Å²) in [6.07, 6.45) is 4.64. The van der Waals surface area contributed by atoms with Crippen LogP contribution in [0.5, 0.6) is 17.2 Å². The van der Waals surface area contributed by atoms with Gasteiger partial charge >= 0.3 is 0 Å². The van der Waals surface area contributed by atoms with Gasteiger partial charge in [-0.3, -0.25) is 0 Å². The first-order valence-electron chi connectivity index (χ1n) is 8.31. The van der Waals surface area contributed by atoms with Crippen molar-refractivity contribution in [2.75, 3.05) is 39.3 Å². The number of rotatable bonds is 5. The molecule has 0 amide bonds. The summed E-state index contributed by atoms with van der Waals surface area (Å²) < 4.78 is 16.4. The van der Waals surface area contributed by atoms with Gasteiger partial charge in [0.05, 0.1) is 32.5 Å². The Morgan fingerprint density at radius 1 is 1.12 bits per heavy atom. The zero-order chi connectivity index (χ0) is 18.5. The topological polar surface area (TPSA) is 67.6 Å². The quantitative estimate of drug-likeness (QED) is 0.823. The summed E-state index contributed by atoms with van der Waals surface area (Å²) in [4.78, 5) is 6.47. The molecule has 0 bridgehead atoms. The Kier molecular flexibility index (Phi) is 5.28. The first-order valence-corrected chi connectivity index (χ1v) is 8.31. The van der Waals surface area contributed by atoms with E-state index < -0.39 is 0 Å². The predicted octanol–water partition coefficient (Wildman–Crippen LogP) is 3.27. The van der Waals surface area contributed by atoms with Crippen LogP contribution >= 0.6 is 0 Å². The third-order valence-electron chi connectivity index (χ3n) is 4.45. The molecule has 0 fully saturated rings. The number of anilines is 1. The Bertz CT molecular complexity index is 846. The summed E-state index contributed by atoms with van der Waals surface area (Å²) in [5, 5.41) is 9.29. The number of aromatic nitrogens is 1. The Labute approximate surface area is 153 Å². The van der Waals surface area contributed by atoms with Crippen molar-refractivity contribution in [2.45, 2.75) is 6.42 Å². The second-order valence-electron chi connectivity index (χ2n) is 5.82. The fourth-order valence-corrected chi connectivity index (χ4v) is 3.15. The van der Waals surface area contributed by atoms with E-state index in [4.69, 9.17) is 14.2 Å². The zero-order valence-corrected chi connectivity index (χ0v) is 15.2. The van der Waals surface area contributed by atoms with Gasteiger partial charge in [-0.15, -0.1) is 0 Å². The summed E-state index contributed by atoms with van der Waals surface area (Å²) in [7, 11) is 4.90. The fraction of sp³-hybridized carbons (Fsp3) is 0.300. The van der Waals surface area contributed by atoms with Crippen LogP contribution in [-0.2, 0) is 0 Å². The highest BCUT2D eigenvalue weighted by molar-refractivity contribution is 5.78. The Hall–Kier alpha value is -3.20. The molecule has 134 valence electrons. The van der Waals surface area contributed by atoms with E-state index in [1.54, 1.807) is 39.7 Å². The van der Waals surface area contributed by atoms with Crippen LogP contribution in [0.1, 0.15) is 17.5 Å². The zero-order valence-electron chi connectivity index (χ0n) is 15.2. The number of pyridine rings is 1. The molecule has 0 aliphatic carbocycles. The van der Waals surface area contributed by atoms with E-state index in [2.05, 4.69) is 22.0 Å². The largest absolute Gasteiger partial charge is 0.496 e. The molecule has 0 saturated heterocycles. The summed E-state index contributed by atoms with van der Waals surface area (Å²) in [5.41, 5.74) is 2.67. The maximum atomic E-state index is 9.29. The fourth-order valence-electron chi connectivity index (χ4n) is 3.15. The van der Waals surface area contributed by atoms with Gasteiger partial charge in [0.25, 0.3) is 0 Å². The van der Waals surface area contributed by atoms with Crippen LogP contribution < -0.4 is 19.1 Å². The van der Waals surface area contributed by atoms with Gasteiger partial charge in [0, 0.05) is 31.4 Å². The second kappa shape index (κ2) is 7.79. The summed E-state index contributed by atoms with van der Waals surface area (Å²) >= 11 is 0. The number of benzene rings is 1. The minimum absolute atomic E-state index is 0.587. The van der Waals surface area contributed by atoms with Crippen LogP contribution in [0.2, 0.25) is 0 Å². The molecule has 0 unspecified atom stereocenters. The lowest BCUT2D eigenvalue weighted by Gasteiger charge is -2.29. The van der Waals surface area contributed by atoms with E-state index in [0.29, 0.717) is 17.9 Å². The Morgan fingerprint density at radius 3 is 2.38 bits per heavy atom. The molecule has 2 aromatic rings. The molecule has 0 spiro atoms. The van der Waals surface area contributed by atoms with Crippen LogP contribution in [-0.4, -0.2) is 39.4 Å². The molecule has 0 saturated carbocycles. The van der Waals surface area contributed by atoms with Gasteiger partial charge in [0.15, 0.2) is 0 Å². The van der Waals surface area contributed by atoms with Gasteiger partial charge in [0.1, 0.15) is 29.1 Å². The molecule has 1 aromatic carbocycles. The van der Waals surface area contributed by atoms with Crippen LogP contribution in [0.3, 0.4) is 0 Å². The number of nitriles is 1. The molecular formula is C20H21N3O3. The molecular weight excluding hydrogens is 330 g/mol. The van der Waals surface area contributed by atoms with E-state index in [0.717, 1.165) is 41.4 Å². The molecule has 26 heavy (non-hydrogen) atoms. The van der Waals surface area contributed by atoms with Crippen molar-refractivity contribution in [1.29, 1.82) is 5.26 Å². The molecule has 3 rings (SSSR count).